The van der Waals surface area contributed by atoms with Crippen LogP contribution in [0.2, 0.25) is 0 Å². The van der Waals surface area contributed by atoms with Crippen molar-refractivity contribution in [3.63, 3.8) is 0 Å². The molecule has 1 aromatic rings. The Hall–Kier alpha value is -1.84. The standard InChI is InChI=1S/C21H33N5O2.HI/c1-21(2,3)24-18(27)15-25(5)20(22-4)23-12-8-11-19(28)26-13-16-9-6-7-10-17(16)14-26;/h6-7,9-10H,8,11-15H2,1-5H3,(H,22,23)(H,24,27);1H. The molecule has 0 aliphatic carbocycles. The van der Waals surface area contributed by atoms with Crippen molar-refractivity contribution < 1.29 is 9.59 Å². The highest BCUT2D eigenvalue weighted by molar-refractivity contribution is 14.0. The van der Waals surface area contributed by atoms with Crippen LogP contribution in [0.15, 0.2) is 29.3 Å². The van der Waals surface area contributed by atoms with Gasteiger partial charge >= 0.3 is 0 Å². The Morgan fingerprint density at radius 3 is 2.28 bits per heavy atom. The van der Waals surface area contributed by atoms with Crippen molar-refractivity contribution in [3.8, 4) is 0 Å². The Balaban J connectivity index is 0.00000420. The quantitative estimate of drug-likeness (QED) is 0.264. The number of nitrogens with one attached hydrogen (secondary N) is 2. The smallest absolute Gasteiger partial charge is 0.240 e. The molecule has 162 valence electrons. The zero-order valence-corrected chi connectivity index (χ0v) is 20.4. The Bertz CT molecular complexity index is 705. The summed E-state index contributed by atoms with van der Waals surface area (Å²) in [6.45, 7) is 8.12. The number of hydrogen-bond acceptors (Lipinski definition) is 3. The van der Waals surface area contributed by atoms with E-state index in [-0.39, 0.29) is 47.9 Å². The Morgan fingerprint density at radius 1 is 1.17 bits per heavy atom. The van der Waals surface area contributed by atoms with E-state index >= 15 is 0 Å². The highest BCUT2D eigenvalue weighted by Crippen LogP contribution is 2.22. The first-order chi connectivity index (χ1) is 13.2. The minimum Gasteiger partial charge on any atom is -0.356 e. The highest BCUT2D eigenvalue weighted by Gasteiger charge is 2.22. The number of rotatable bonds is 6. The maximum absolute atomic E-state index is 12.4. The first-order valence-electron chi connectivity index (χ1n) is 9.77. The van der Waals surface area contributed by atoms with Crippen molar-refractivity contribution in [2.75, 3.05) is 27.2 Å². The number of carbonyl (C=O) groups excluding carboxylic acids is 2. The molecule has 0 fully saturated rings. The van der Waals surface area contributed by atoms with Crippen LogP contribution in [0.4, 0.5) is 0 Å². The van der Waals surface area contributed by atoms with Crippen LogP contribution in [0.5, 0.6) is 0 Å². The molecule has 8 heteroatoms. The molecule has 2 N–H and O–H groups in total. The van der Waals surface area contributed by atoms with Crippen molar-refractivity contribution in [2.24, 2.45) is 4.99 Å². The van der Waals surface area contributed by atoms with Crippen LogP contribution in [-0.2, 0) is 22.7 Å². The predicted molar refractivity (Wildman–Crippen MR) is 127 cm³/mol. The van der Waals surface area contributed by atoms with Gasteiger partial charge in [0.1, 0.15) is 0 Å². The summed E-state index contributed by atoms with van der Waals surface area (Å²) < 4.78 is 0. The number of nitrogens with zero attached hydrogens (tertiary/aromatic N) is 3. The van der Waals surface area contributed by atoms with Crippen LogP contribution in [0, 0.1) is 0 Å². The molecule has 0 unspecified atom stereocenters. The molecule has 0 bridgehead atoms. The summed E-state index contributed by atoms with van der Waals surface area (Å²) in [5, 5.41) is 6.16. The fraction of sp³-hybridized carbons (Fsp3) is 0.571. The lowest BCUT2D eigenvalue weighted by Crippen LogP contribution is -2.48. The van der Waals surface area contributed by atoms with Gasteiger partial charge in [-0.3, -0.25) is 14.6 Å². The molecule has 1 aliphatic rings. The molecular formula is C21H34IN5O2. The zero-order valence-electron chi connectivity index (χ0n) is 18.1. The third-order valence-electron chi connectivity index (χ3n) is 4.51. The minimum atomic E-state index is -0.259. The average molecular weight is 515 g/mol. The second-order valence-electron chi connectivity index (χ2n) is 8.25. The van der Waals surface area contributed by atoms with E-state index in [1.54, 1.807) is 11.9 Å². The molecule has 2 amide bonds. The average Bonchev–Trinajstić information content (AvgIpc) is 3.04. The van der Waals surface area contributed by atoms with Crippen LogP contribution >= 0.6 is 24.0 Å². The van der Waals surface area contributed by atoms with Crippen LogP contribution < -0.4 is 10.6 Å². The topological polar surface area (TPSA) is 77.0 Å². The number of aliphatic imine (C=N–C) groups is 1. The van der Waals surface area contributed by atoms with Crippen molar-refractivity contribution >= 4 is 41.8 Å². The maximum atomic E-state index is 12.4. The molecule has 7 nitrogen and oxygen atoms in total. The monoisotopic (exact) mass is 515 g/mol. The molecule has 1 aromatic carbocycles. The molecule has 0 saturated heterocycles. The lowest BCUT2D eigenvalue weighted by atomic mass is 10.1. The minimum absolute atomic E-state index is 0. The van der Waals surface area contributed by atoms with Gasteiger partial charge in [0.25, 0.3) is 0 Å². The van der Waals surface area contributed by atoms with E-state index in [4.69, 9.17) is 0 Å². The Morgan fingerprint density at radius 2 is 1.76 bits per heavy atom. The van der Waals surface area contributed by atoms with E-state index in [0.29, 0.717) is 38.4 Å². The summed E-state index contributed by atoms with van der Waals surface area (Å²) in [7, 11) is 3.51. The van der Waals surface area contributed by atoms with E-state index in [9.17, 15) is 9.59 Å². The number of guanidine groups is 1. The molecule has 0 atom stereocenters. The van der Waals surface area contributed by atoms with E-state index < -0.39 is 0 Å². The van der Waals surface area contributed by atoms with Gasteiger partial charge in [0.2, 0.25) is 11.8 Å². The van der Waals surface area contributed by atoms with Gasteiger partial charge in [-0.15, -0.1) is 24.0 Å². The zero-order chi connectivity index (χ0) is 20.7. The van der Waals surface area contributed by atoms with Crippen LogP contribution in [0.25, 0.3) is 0 Å². The van der Waals surface area contributed by atoms with Crippen molar-refractivity contribution in [2.45, 2.75) is 52.2 Å². The van der Waals surface area contributed by atoms with Crippen molar-refractivity contribution in [1.29, 1.82) is 0 Å². The van der Waals surface area contributed by atoms with Gasteiger partial charge in [0, 0.05) is 45.7 Å². The predicted octanol–water partition coefficient (Wildman–Crippen LogP) is 2.35. The normalized spacial score (nSPS) is 13.4. The van der Waals surface area contributed by atoms with Crippen LogP contribution in [0.1, 0.15) is 44.7 Å². The van der Waals surface area contributed by atoms with Gasteiger partial charge in [0.05, 0.1) is 6.54 Å². The maximum Gasteiger partial charge on any atom is 0.240 e. The fourth-order valence-electron chi connectivity index (χ4n) is 3.24. The number of amides is 2. The lowest BCUT2D eigenvalue weighted by Gasteiger charge is -2.25. The Labute approximate surface area is 191 Å². The van der Waals surface area contributed by atoms with Crippen molar-refractivity contribution in [1.82, 2.24) is 20.4 Å². The van der Waals surface area contributed by atoms with Crippen LogP contribution in [-0.4, -0.2) is 60.3 Å². The number of halogens is 1. The van der Waals surface area contributed by atoms with E-state index in [1.165, 1.54) is 11.1 Å². The molecule has 0 radical (unpaired) electrons. The number of fused-ring (bicyclic) bond motifs is 1. The molecular weight excluding hydrogens is 481 g/mol. The first kappa shape index (κ1) is 25.2. The second kappa shape index (κ2) is 11.4. The van der Waals surface area contributed by atoms with E-state index in [0.717, 1.165) is 0 Å². The molecule has 1 aliphatic heterocycles. The van der Waals surface area contributed by atoms with Gasteiger partial charge in [0.15, 0.2) is 5.96 Å². The van der Waals surface area contributed by atoms with E-state index in [1.807, 2.05) is 44.9 Å². The fourth-order valence-corrected chi connectivity index (χ4v) is 3.24. The largest absolute Gasteiger partial charge is 0.356 e. The number of likely N-dealkylation sites (N-methyl/N-ethyl adjacent to an activating group) is 1. The number of carbonyl (C=O) groups is 2. The van der Waals surface area contributed by atoms with Crippen LogP contribution in [0.3, 0.4) is 0 Å². The van der Waals surface area contributed by atoms with Gasteiger partial charge in [-0.1, -0.05) is 24.3 Å². The third-order valence-corrected chi connectivity index (χ3v) is 4.51. The summed E-state index contributed by atoms with van der Waals surface area (Å²) in [5.41, 5.74) is 2.22. The summed E-state index contributed by atoms with van der Waals surface area (Å²) >= 11 is 0. The molecule has 0 aromatic heterocycles. The summed E-state index contributed by atoms with van der Waals surface area (Å²) in [5.74, 6) is 0.762. The third kappa shape index (κ3) is 8.20. The summed E-state index contributed by atoms with van der Waals surface area (Å²) in [6, 6.07) is 8.20. The van der Waals surface area contributed by atoms with Gasteiger partial charge in [-0.2, -0.15) is 0 Å². The van der Waals surface area contributed by atoms with Gasteiger partial charge < -0.3 is 20.4 Å². The molecule has 2 rings (SSSR count). The lowest BCUT2D eigenvalue weighted by molar-refractivity contribution is -0.131. The van der Waals surface area contributed by atoms with Gasteiger partial charge in [-0.25, -0.2) is 0 Å². The molecule has 1 heterocycles. The molecule has 0 spiro atoms. The summed E-state index contributed by atoms with van der Waals surface area (Å²) in [4.78, 5) is 32.4. The number of hydrogen-bond donors (Lipinski definition) is 2. The highest BCUT2D eigenvalue weighted by atomic mass is 127. The van der Waals surface area contributed by atoms with Gasteiger partial charge in [-0.05, 0) is 38.3 Å². The summed E-state index contributed by atoms with van der Waals surface area (Å²) in [6.07, 6.45) is 1.21. The SMILES string of the molecule is CN=C(NCCCC(=O)N1Cc2ccccc2C1)N(C)CC(=O)NC(C)(C)C.I. The number of benzene rings is 1. The molecule has 0 saturated carbocycles. The molecule has 29 heavy (non-hydrogen) atoms. The van der Waals surface area contributed by atoms with Crippen molar-refractivity contribution in [3.05, 3.63) is 35.4 Å². The first-order valence-corrected chi connectivity index (χ1v) is 9.77. The van der Waals surface area contributed by atoms with E-state index in [2.05, 4.69) is 27.8 Å². The second-order valence-corrected chi connectivity index (χ2v) is 8.25. The Kier molecular flexibility index (Phi) is 9.88.